The van der Waals surface area contributed by atoms with Crippen molar-refractivity contribution in [2.75, 3.05) is 26.7 Å². The molecule has 4 nitrogen and oxygen atoms in total. The Morgan fingerprint density at radius 2 is 2.24 bits per heavy atom. The summed E-state index contributed by atoms with van der Waals surface area (Å²) in [6, 6.07) is 8.56. The highest BCUT2D eigenvalue weighted by Gasteiger charge is 2.27. The number of nitrogens with zero attached hydrogens (tertiary/aromatic N) is 1. The number of likely N-dealkylation sites (N-methyl/N-ethyl adjacent to an activating group) is 1. The molecular formula is C17H25N3O. The second-order valence-electron chi connectivity index (χ2n) is 6.21. The summed E-state index contributed by atoms with van der Waals surface area (Å²) < 4.78 is 0. The van der Waals surface area contributed by atoms with E-state index in [-0.39, 0.29) is 11.9 Å². The third-order valence-corrected chi connectivity index (χ3v) is 4.80. The van der Waals surface area contributed by atoms with Crippen LogP contribution < -0.4 is 10.6 Å². The van der Waals surface area contributed by atoms with E-state index in [2.05, 4.69) is 40.8 Å². The first-order valence-corrected chi connectivity index (χ1v) is 8.05. The zero-order chi connectivity index (χ0) is 14.7. The molecule has 1 aromatic rings. The van der Waals surface area contributed by atoms with Crippen molar-refractivity contribution in [3.8, 4) is 0 Å². The van der Waals surface area contributed by atoms with Gasteiger partial charge in [-0.3, -0.25) is 4.79 Å². The number of carbonyl (C=O) groups is 1. The molecule has 2 aliphatic rings. The van der Waals surface area contributed by atoms with Crippen molar-refractivity contribution >= 4 is 5.91 Å². The summed E-state index contributed by atoms with van der Waals surface area (Å²) in [6.07, 6.45) is 4.74. The van der Waals surface area contributed by atoms with Gasteiger partial charge < -0.3 is 15.5 Å². The predicted molar refractivity (Wildman–Crippen MR) is 84.2 cm³/mol. The predicted octanol–water partition coefficient (Wildman–Crippen LogP) is 1.47. The van der Waals surface area contributed by atoms with Crippen LogP contribution in [0.5, 0.6) is 0 Å². The fourth-order valence-corrected chi connectivity index (χ4v) is 3.46. The molecule has 1 fully saturated rings. The lowest BCUT2D eigenvalue weighted by Gasteiger charge is -2.33. The summed E-state index contributed by atoms with van der Waals surface area (Å²) in [5.74, 6) is 0.112. The van der Waals surface area contributed by atoms with E-state index in [4.69, 9.17) is 0 Å². The zero-order valence-corrected chi connectivity index (χ0v) is 12.8. The van der Waals surface area contributed by atoms with Crippen LogP contribution in [0.4, 0.5) is 0 Å². The first-order chi connectivity index (χ1) is 10.3. The molecule has 0 spiro atoms. The van der Waals surface area contributed by atoms with Gasteiger partial charge in [-0.05, 0) is 44.0 Å². The van der Waals surface area contributed by atoms with Gasteiger partial charge in [0.1, 0.15) is 6.04 Å². The third kappa shape index (κ3) is 3.27. The normalized spacial score (nSPS) is 26.1. The Morgan fingerprint density at radius 3 is 3.10 bits per heavy atom. The van der Waals surface area contributed by atoms with Crippen LogP contribution in [0.1, 0.15) is 36.4 Å². The second-order valence-corrected chi connectivity index (χ2v) is 6.21. The summed E-state index contributed by atoms with van der Waals surface area (Å²) in [6.45, 7) is 2.78. The summed E-state index contributed by atoms with van der Waals surface area (Å²) in [5.41, 5.74) is 2.43. The quantitative estimate of drug-likeness (QED) is 0.885. The van der Waals surface area contributed by atoms with E-state index >= 15 is 0 Å². The van der Waals surface area contributed by atoms with Crippen molar-refractivity contribution < 1.29 is 4.79 Å². The van der Waals surface area contributed by atoms with Crippen molar-refractivity contribution in [3.05, 3.63) is 35.4 Å². The van der Waals surface area contributed by atoms with Crippen LogP contribution in [0.15, 0.2) is 24.3 Å². The van der Waals surface area contributed by atoms with Crippen LogP contribution in [0, 0.1) is 0 Å². The Balaban J connectivity index is 1.61. The van der Waals surface area contributed by atoms with Gasteiger partial charge in [-0.1, -0.05) is 30.7 Å². The third-order valence-electron chi connectivity index (χ3n) is 4.80. The summed E-state index contributed by atoms with van der Waals surface area (Å²) >= 11 is 0. The number of rotatable bonds is 3. The number of hydrogen-bond acceptors (Lipinski definition) is 3. The molecule has 0 bridgehead atoms. The van der Waals surface area contributed by atoms with Crippen molar-refractivity contribution in [1.29, 1.82) is 0 Å². The number of benzene rings is 1. The minimum Gasteiger partial charge on any atom is -0.353 e. The summed E-state index contributed by atoms with van der Waals surface area (Å²) in [4.78, 5) is 14.9. The number of likely N-dealkylation sites (tertiary alicyclic amines) is 1. The van der Waals surface area contributed by atoms with Crippen molar-refractivity contribution in [3.63, 3.8) is 0 Å². The maximum atomic E-state index is 12.5. The van der Waals surface area contributed by atoms with E-state index in [1.807, 2.05) is 6.07 Å². The standard InChI is InChI=1S/C17H25N3O/c1-20-11-5-4-7-14(20)12-19-17(21)16-15-8-3-2-6-13(15)9-10-18-16/h2-3,6,8,14,16,18H,4-5,7,9-12H2,1H3,(H,19,21). The molecule has 0 saturated carbocycles. The molecular weight excluding hydrogens is 262 g/mol. The van der Waals surface area contributed by atoms with Crippen LogP contribution in [0.25, 0.3) is 0 Å². The van der Waals surface area contributed by atoms with Crippen molar-refractivity contribution in [2.24, 2.45) is 0 Å². The Bertz CT molecular complexity index is 503. The largest absolute Gasteiger partial charge is 0.353 e. The Hall–Kier alpha value is -1.39. The molecule has 0 aromatic heterocycles. The van der Waals surface area contributed by atoms with Gasteiger partial charge in [0.15, 0.2) is 0 Å². The van der Waals surface area contributed by atoms with Crippen molar-refractivity contribution in [2.45, 2.75) is 37.8 Å². The first-order valence-electron chi connectivity index (χ1n) is 8.05. The molecule has 2 atom stereocenters. The molecule has 3 rings (SSSR count). The maximum absolute atomic E-state index is 12.5. The molecule has 0 radical (unpaired) electrons. The van der Waals surface area contributed by atoms with Gasteiger partial charge in [0.25, 0.3) is 0 Å². The number of nitrogens with one attached hydrogen (secondary N) is 2. The topological polar surface area (TPSA) is 44.4 Å². The van der Waals surface area contributed by atoms with Crippen LogP contribution >= 0.6 is 0 Å². The van der Waals surface area contributed by atoms with Crippen molar-refractivity contribution in [1.82, 2.24) is 15.5 Å². The highest BCUT2D eigenvalue weighted by atomic mass is 16.2. The highest BCUT2D eigenvalue weighted by molar-refractivity contribution is 5.84. The molecule has 4 heteroatoms. The smallest absolute Gasteiger partial charge is 0.241 e. The van der Waals surface area contributed by atoms with Gasteiger partial charge >= 0.3 is 0 Å². The fraction of sp³-hybridized carbons (Fsp3) is 0.588. The monoisotopic (exact) mass is 287 g/mol. The number of amides is 1. The lowest BCUT2D eigenvalue weighted by molar-refractivity contribution is -0.123. The van der Waals surface area contributed by atoms with Gasteiger partial charge in [-0.25, -0.2) is 0 Å². The van der Waals surface area contributed by atoms with E-state index < -0.39 is 0 Å². The van der Waals surface area contributed by atoms with Gasteiger partial charge in [0.2, 0.25) is 5.91 Å². The SMILES string of the molecule is CN1CCCCC1CNC(=O)C1NCCc2ccccc21. The highest BCUT2D eigenvalue weighted by Crippen LogP contribution is 2.23. The molecule has 21 heavy (non-hydrogen) atoms. The second kappa shape index (κ2) is 6.58. The molecule has 1 saturated heterocycles. The van der Waals surface area contributed by atoms with Crippen LogP contribution in [-0.2, 0) is 11.2 Å². The minimum atomic E-state index is -0.191. The first kappa shape index (κ1) is 14.5. The average molecular weight is 287 g/mol. The molecule has 2 N–H and O–H groups in total. The molecule has 1 amide bonds. The molecule has 1 aromatic carbocycles. The minimum absolute atomic E-state index is 0.112. The van der Waals surface area contributed by atoms with Crippen LogP contribution in [0.2, 0.25) is 0 Å². The zero-order valence-electron chi connectivity index (χ0n) is 12.8. The molecule has 2 unspecified atom stereocenters. The summed E-state index contributed by atoms with van der Waals surface area (Å²) in [7, 11) is 2.16. The van der Waals surface area contributed by atoms with E-state index in [1.54, 1.807) is 0 Å². The van der Waals surface area contributed by atoms with Gasteiger partial charge in [0.05, 0.1) is 0 Å². The van der Waals surface area contributed by atoms with Gasteiger partial charge in [-0.15, -0.1) is 0 Å². The number of fused-ring (bicyclic) bond motifs is 1. The molecule has 114 valence electrons. The Kier molecular flexibility index (Phi) is 4.56. The molecule has 2 heterocycles. The van der Waals surface area contributed by atoms with Crippen LogP contribution in [0.3, 0.4) is 0 Å². The lowest BCUT2D eigenvalue weighted by atomic mass is 9.94. The average Bonchev–Trinajstić information content (AvgIpc) is 2.53. The Morgan fingerprint density at radius 1 is 1.38 bits per heavy atom. The Labute approximate surface area is 126 Å². The van der Waals surface area contributed by atoms with Gasteiger partial charge in [0, 0.05) is 19.1 Å². The summed E-state index contributed by atoms with van der Waals surface area (Å²) in [5, 5.41) is 6.50. The molecule has 2 aliphatic heterocycles. The number of carbonyl (C=O) groups excluding carboxylic acids is 1. The van der Waals surface area contributed by atoms with Crippen LogP contribution in [-0.4, -0.2) is 43.5 Å². The number of piperidine rings is 1. The fourth-order valence-electron chi connectivity index (χ4n) is 3.46. The van der Waals surface area contributed by atoms with Gasteiger partial charge in [-0.2, -0.15) is 0 Å². The molecule has 0 aliphatic carbocycles. The van der Waals surface area contributed by atoms with E-state index in [0.717, 1.165) is 31.6 Å². The van der Waals surface area contributed by atoms with E-state index in [9.17, 15) is 4.79 Å². The lowest BCUT2D eigenvalue weighted by Crippen LogP contribution is -2.48. The maximum Gasteiger partial charge on any atom is 0.241 e. The number of hydrogen-bond donors (Lipinski definition) is 2. The van der Waals surface area contributed by atoms with E-state index in [0.29, 0.717) is 6.04 Å². The van der Waals surface area contributed by atoms with E-state index in [1.165, 1.54) is 24.8 Å².